The number of rotatable bonds is 3. The molecule has 2 rings (SSSR count). The Morgan fingerprint density at radius 3 is 2.35 bits per heavy atom. The minimum Gasteiger partial charge on any atom is -0.858 e. The summed E-state index contributed by atoms with van der Waals surface area (Å²) in [7, 11) is -4.59. The molecule has 20 heavy (non-hydrogen) atoms. The van der Waals surface area contributed by atoms with Crippen molar-refractivity contribution in [2.45, 2.75) is 19.0 Å². The van der Waals surface area contributed by atoms with E-state index >= 15 is 0 Å². The zero-order chi connectivity index (χ0) is 14.2. The van der Waals surface area contributed by atoms with Crippen LogP contribution >= 0.6 is 0 Å². The fraction of sp³-hybridized carbons (Fsp3) is 0.273. The van der Waals surface area contributed by atoms with Gasteiger partial charge in [-0.2, -0.15) is 8.42 Å². The summed E-state index contributed by atoms with van der Waals surface area (Å²) in [5, 5.41) is 11.7. The summed E-state index contributed by atoms with van der Waals surface area (Å²) in [6.07, 6.45) is 0. The quantitative estimate of drug-likeness (QED) is 0.202. The van der Waals surface area contributed by atoms with Gasteiger partial charge >= 0.3 is 61.7 Å². The van der Waals surface area contributed by atoms with Crippen LogP contribution < -0.4 is 56.5 Å². The van der Waals surface area contributed by atoms with Gasteiger partial charge in [0.05, 0.1) is 6.04 Å². The van der Waals surface area contributed by atoms with Crippen molar-refractivity contribution in [1.82, 2.24) is 4.31 Å². The maximum absolute atomic E-state index is 11.7. The summed E-state index contributed by atoms with van der Waals surface area (Å²) < 4.78 is 30.8. The third-order valence-corrected chi connectivity index (χ3v) is 3.83. The SMILES string of the molecule is C[C@H]1[C@H](N=C([O-])c2ccccc2)C(=O)N1S(=O)(=O)O.[K+]. The van der Waals surface area contributed by atoms with E-state index in [-0.39, 0.29) is 51.4 Å². The molecule has 1 aliphatic heterocycles. The van der Waals surface area contributed by atoms with Gasteiger partial charge in [0.2, 0.25) is 0 Å². The molecule has 1 aliphatic rings. The summed E-state index contributed by atoms with van der Waals surface area (Å²) in [6, 6.07) is 6.18. The average Bonchev–Trinajstić information content (AvgIpc) is 2.35. The number of carbonyl (C=O) groups is 1. The number of hydrogen-bond acceptors (Lipinski definition) is 5. The van der Waals surface area contributed by atoms with Crippen molar-refractivity contribution in [3.05, 3.63) is 35.9 Å². The van der Waals surface area contributed by atoms with Crippen LogP contribution in [0.2, 0.25) is 0 Å². The first-order valence-electron chi connectivity index (χ1n) is 5.43. The van der Waals surface area contributed by atoms with Crippen LogP contribution in [-0.2, 0) is 15.1 Å². The van der Waals surface area contributed by atoms with Crippen molar-refractivity contribution in [2.24, 2.45) is 4.99 Å². The largest absolute Gasteiger partial charge is 1.00 e. The number of nitrogens with zero attached hydrogens (tertiary/aromatic N) is 2. The molecule has 1 heterocycles. The van der Waals surface area contributed by atoms with E-state index in [1.165, 1.54) is 6.92 Å². The second-order valence-corrected chi connectivity index (χ2v) is 5.39. The maximum Gasteiger partial charge on any atom is 1.00 e. The molecule has 1 saturated heterocycles. The second kappa shape index (κ2) is 6.65. The van der Waals surface area contributed by atoms with Gasteiger partial charge in [-0.05, 0) is 18.4 Å². The molecule has 7 nitrogen and oxygen atoms in total. The predicted octanol–water partition coefficient (Wildman–Crippen LogP) is -3.80. The molecule has 9 heteroatoms. The van der Waals surface area contributed by atoms with Crippen molar-refractivity contribution in [1.29, 1.82) is 0 Å². The maximum atomic E-state index is 11.7. The van der Waals surface area contributed by atoms with E-state index in [9.17, 15) is 18.3 Å². The van der Waals surface area contributed by atoms with Gasteiger partial charge in [0, 0.05) is 0 Å². The Morgan fingerprint density at radius 1 is 1.35 bits per heavy atom. The van der Waals surface area contributed by atoms with Crippen molar-refractivity contribution < 1.29 is 74.3 Å². The van der Waals surface area contributed by atoms with Crippen LogP contribution in [0.5, 0.6) is 0 Å². The van der Waals surface area contributed by atoms with E-state index in [1.807, 2.05) is 0 Å². The standard InChI is InChI=1S/C11H12N2O5S.K/c1-7-9(11(15)13(7)19(16,17)18)12-10(14)8-5-3-2-4-6-8;/h2-7,9H,1H3,(H,12,14)(H,16,17,18);/q;+1/p-1/t7-,9-;/m0./s1. The van der Waals surface area contributed by atoms with Gasteiger partial charge in [0.25, 0.3) is 5.91 Å². The van der Waals surface area contributed by atoms with Crippen LogP contribution in [0.25, 0.3) is 0 Å². The Bertz CT molecular complexity index is 631. The van der Waals surface area contributed by atoms with E-state index in [0.29, 0.717) is 9.87 Å². The molecule has 0 bridgehead atoms. The van der Waals surface area contributed by atoms with Gasteiger partial charge in [-0.25, -0.2) is 4.31 Å². The Kier molecular flexibility index (Phi) is 5.90. The van der Waals surface area contributed by atoms with Gasteiger partial charge in [-0.3, -0.25) is 14.3 Å². The zero-order valence-corrected chi connectivity index (χ0v) is 14.9. The molecule has 102 valence electrons. The fourth-order valence-electron chi connectivity index (χ4n) is 1.85. The van der Waals surface area contributed by atoms with E-state index in [4.69, 9.17) is 4.55 Å². The van der Waals surface area contributed by atoms with Crippen molar-refractivity contribution in [3.8, 4) is 0 Å². The van der Waals surface area contributed by atoms with Gasteiger partial charge in [-0.1, -0.05) is 30.3 Å². The number of carbonyl (C=O) groups excluding carboxylic acids is 1. The topological polar surface area (TPSA) is 110 Å². The minimum atomic E-state index is -4.59. The average molecular weight is 322 g/mol. The first kappa shape index (κ1) is 17.8. The third-order valence-electron chi connectivity index (χ3n) is 2.82. The first-order valence-corrected chi connectivity index (χ1v) is 6.83. The Balaban J connectivity index is 0.00000200. The van der Waals surface area contributed by atoms with Crippen LogP contribution in [0.4, 0.5) is 0 Å². The Hall–Kier alpha value is -0.294. The van der Waals surface area contributed by atoms with Crippen LogP contribution in [0.3, 0.4) is 0 Å². The Morgan fingerprint density at radius 2 is 1.90 bits per heavy atom. The number of β-lactam (4-membered cyclic amide) rings is 1. The molecule has 2 atom stereocenters. The molecular weight excluding hydrogens is 311 g/mol. The minimum absolute atomic E-state index is 0. The predicted molar refractivity (Wildman–Crippen MR) is 64.6 cm³/mol. The Labute approximate surface area is 159 Å². The number of hydrogen-bond donors (Lipinski definition) is 1. The number of aliphatic imine (C=N–C) groups is 1. The second-order valence-electron chi connectivity index (χ2n) is 4.10. The summed E-state index contributed by atoms with van der Waals surface area (Å²) in [5.41, 5.74) is 0.313. The molecule has 0 saturated carbocycles. The first-order chi connectivity index (χ1) is 8.82. The fourth-order valence-corrected chi connectivity index (χ4v) is 2.72. The summed E-state index contributed by atoms with van der Waals surface area (Å²) >= 11 is 0. The van der Waals surface area contributed by atoms with Crippen LogP contribution in [-0.4, -0.2) is 41.2 Å². The summed E-state index contributed by atoms with van der Waals surface area (Å²) in [5.74, 6) is -1.50. The molecule has 1 aromatic carbocycles. The molecule has 0 unspecified atom stereocenters. The summed E-state index contributed by atoms with van der Waals surface area (Å²) in [6.45, 7) is 1.39. The van der Waals surface area contributed by atoms with E-state index in [1.54, 1.807) is 30.3 Å². The van der Waals surface area contributed by atoms with Gasteiger partial charge in [0.1, 0.15) is 0 Å². The van der Waals surface area contributed by atoms with Crippen LogP contribution in [0.1, 0.15) is 12.5 Å². The van der Waals surface area contributed by atoms with Crippen molar-refractivity contribution in [2.75, 3.05) is 0 Å². The van der Waals surface area contributed by atoms with Gasteiger partial charge < -0.3 is 5.11 Å². The number of amides is 1. The van der Waals surface area contributed by atoms with Crippen LogP contribution in [0, 0.1) is 0 Å². The van der Waals surface area contributed by atoms with E-state index < -0.39 is 34.2 Å². The molecular formula is C11H11KN2O5S. The zero-order valence-electron chi connectivity index (χ0n) is 10.9. The van der Waals surface area contributed by atoms with E-state index in [2.05, 4.69) is 4.99 Å². The van der Waals surface area contributed by atoms with Gasteiger partial charge in [0.15, 0.2) is 6.04 Å². The molecule has 0 spiro atoms. The molecule has 1 amide bonds. The third kappa shape index (κ3) is 3.48. The van der Waals surface area contributed by atoms with Gasteiger partial charge in [-0.15, -0.1) is 0 Å². The number of benzene rings is 1. The van der Waals surface area contributed by atoms with Crippen molar-refractivity contribution >= 4 is 22.1 Å². The van der Waals surface area contributed by atoms with Crippen molar-refractivity contribution in [3.63, 3.8) is 0 Å². The van der Waals surface area contributed by atoms with E-state index in [0.717, 1.165) is 0 Å². The van der Waals surface area contributed by atoms with Crippen LogP contribution in [0.15, 0.2) is 35.3 Å². The molecule has 0 aliphatic carbocycles. The monoisotopic (exact) mass is 322 g/mol. The summed E-state index contributed by atoms with van der Waals surface area (Å²) in [4.78, 5) is 15.2. The molecule has 0 aromatic heterocycles. The molecule has 1 N–H and O–H groups in total. The molecule has 1 fully saturated rings. The smallest absolute Gasteiger partial charge is 0.858 e. The molecule has 1 aromatic rings. The molecule has 0 radical (unpaired) electrons. The normalized spacial score (nSPS) is 23.0.